The molecule has 7 heteroatoms. The van der Waals surface area contributed by atoms with Crippen LogP contribution in [0.5, 0.6) is 11.5 Å². The number of nitrogens with one attached hydrogen (secondary N) is 2. The van der Waals surface area contributed by atoms with Crippen LogP contribution in [0, 0.1) is 5.92 Å². The number of benzene rings is 1. The SMILES string of the molecule is CCC(CC)CNC(=NC)NCC1(c2ccc3c(c2)OCO3)CCOCC1.I. The molecule has 2 aliphatic rings. The topological polar surface area (TPSA) is 64.1 Å². The molecule has 0 spiro atoms. The molecule has 2 aliphatic heterocycles. The van der Waals surface area contributed by atoms with Gasteiger partial charge in [0.25, 0.3) is 0 Å². The van der Waals surface area contributed by atoms with Gasteiger partial charge in [-0.15, -0.1) is 24.0 Å². The van der Waals surface area contributed by atoms with Crippen molar-refractivity contribution in [1.82, 2.24) is 10.6 Å². The second-order valence-electron chi connectivity index (χ2n) is 7.45. The number of halogens is 1. The lowest BCUT2D eigenvalue weighted by atomic mass is 9.74. The maximum atomic E-state index is 5.65. The summed E-state index contributed by atoms with van der Waals surface area (Å²) in [5.41, 5.74) is 1.28. The highest BCUT2D eigenvalue weighted by Crippen LogP contribution is 2.40. The molecule has 0 aromatic heterocycles. The van der Waals surface area contributed by atoms with Crippen molar-refractivity contribution < 1.29 is 14.2 Å². The molecule has 0 aliphatic carbocycles. The fourth-order valence-electron chi connectivity index (χ4n) is 3.85. The minimum atomic E-state index is 0. The first kappa shape index (κ1) is 23.1. The van der Waals surface area contributed by atoms with Gasteiger partial charge in [0.2, 0.25) is 6.79 Å². The van der Waals surface area contributed by atoms with Crippen LogP contribution >= 0.6 is 24.0 Å². The van der Waals surface area contributed by atoms with Crippen LogP contribution in [-0.2, 0) is 10.2 Å². The molecule has 0 radical (unpaired) electrons. The van der Waals surface area contributed by atoms with Crippen molar-refractivity contribution in [3.63, 3.8) is 0 Å². The second-order valence-corrected chi connectivity index (χ2v) is 7.45. The minimum Gasteiger partial charge on any atom is -0.454 e. The van der Waals surface area contributed by atoms with E-state index in [1.165, 1.54) is 18.4 Å². The van der Waals surface area contributed by atoms with E-state index in [1.54, 1.807) is 0 Å². The second kappa shape index (κ2) is 11.1. The van der Waals surface area contributed by atoms with Crippen LogP contribution < -0.4 is 20.1 Å². The van der Waals surface area contributed by atoms with Crippen LogP contribution in [0.1, 0.15) is 45.1 Å². The van der Waals surface area contributed by atoms with Crippen molar-refractivity contribution in [2.24, 2.45) is 10.9 Å². The highest BCUT2D eigenvalue weighted by atomic mass is 127. The summed E-state index contributed by atoms with van der Waals surface area (Å²) < 4.78 is 16.7. The normalized spacial score (nSPS) is 17.9. The molecule has 2 N–H and O–H groups in total. The Labute approximate surface area is 185 Å². The molecule has 158 valence electrons. The maximum absolute atomic E-state index is 5.65. The van der Waals surface area contributed by atoms with Crippen molar-refractivity contribution in [2.45, 2.75) is 44.9 Å². The number of guanidine groups is 1. The van der Waals surface area contributed by atoms with Crippen molar-refractivity contribution in [1.29, 1.82) is 0 Å². The summed E-state index contributed by atoms with van der Waals surface area (Å²) in [6.45, 7) is 8.10. The van der Waals surface area contributed by atoms with E-state index >= 15 is 0 Å². The number of rotatable bonds is 7. The zero-order chi connectivity index (χ0) is 19.1. The van der Waals surface area contributed by atoms with E-state index in [1.807, 2.05) is 13.1 Å². The molecule has 2 heterocycles. The zero-order valence-electron chi connectivity index (χ0n) is 17.3. The van der Waals surface area contributed by atoms with Crippen LogP contribution in [0.15, 0.2) is 23.2 Å². The quantitative estimate of drug-likeness (QED) is 0.338. The van der Waals surface area contributed by atoms with E-state index < -0.39 is 0 Å². The maximum Gasteiger partial charge on any atom is 0.231 e. The van der Waals surface area contributed by atoms with E-state index in [4.69, 9.17) is 14.2 Å². The summed E-state index contributed by atoms with van der Waals surface area (Å²) in [5, 5.41) is 7.05. The summed E-state index contributed by atoms with van der Waals surface area (Å²) in [5.74, 6) is 3.22. The van der Waals surface area contributed by atoms with Gasteiger partial charge in [-0.3, -0.25) is 4.99 Å². The molecule has 0 bridgehead atoms. The van der Waals surface area contributed by atoms with Crippen molar-refractivity contribution in [3.05, 3.63) is 23.8 Å². The summed E-state index contributed by atoms with van der Waals surface area (Å²) >= 11 is 0. The fraction of sp³-hybridized carbons (Fsp3) is 0.667. The average molecular weight is 503 g/mol. The molecule has 0 atom stereocenters. The number of ether oxygens (including phenoxy) is 3. The van der Waals surface area contributed by atoms with Crippen molar-refractivity contribution in [3.8, 4) is 11.5 Å². The largest absolute Gasteiger partial charge is 0.454 e. The number of fused-ring (bicyclic) bond motifs is 1. The summed E-state index contributed by atoms with van der Waals surface area (Å²) in [4.78, 5) is 4.41. The van der Waals surface area contributed by atoms with Gasteiger partial charge >= 0.3 is 0 Å². The molecular weight excluding hydrogens is 469 g/mol. The Morgan fingerprint density at radius 1 is 1.11 bits per heavy atom. The third-order valence-electron chi connectivity index (χ3n) is 5.97. The molecule has 1 aromatic rings. The Balaban J connectivity index is 0.00000280. The third-order valence-corrected chi connectivity index (χ3v) is 5.97. The van der Waals surface area contributed by atoms with E-state index in [2.05, 4.69) is 41.6 Å². The van der Waals surface area contributed by atoms with Crippen LogP contribution in [0.4, 0.5) is 0 Å². The Hall–Kier alpha value is -1.22. The molecule has 0 saturated carbocycles. The number of nitrogens with zero attached hydrogens (tertiary/aromatic N) is 1. The van der Waals surface area contributed by atoms with Crippen LogP contribution in [0.3, 0.4) is 0 Å². The molecule has 1 aromatic carbocycles. The first-order chi connectivity index (χ1) is 13.2. The molecule has 1 saturated heterocycles. The summed E-state index contributed by atoms with van der Waals surface area (Å²) in [6, 6.07) is 6.33. The van der Waals surface area contributed by atoms with Gasteiger partial charge in [-0.2, -0.15) is 0 Å². The fourth-order valence-corrected chi connectivity index (χ4v) is 3.85. The van der Waals surface area contributed by atoms with Gasteiger partial charge in [-0.05, 0) is 36.5 Å². The Bertz CT molecular complexity index is 644. The molecule has 6 nitrogen and oxygen atoms in total. The first-order valence-electron chi connectivity index (χ1n) is 10.1. The van der Waals surface area contributed by atoms with Gasteiger partial charge in [0, 0.05) is 38.8 Å². The Morgan fingerprint density at radius 2 is 1.82 bits per heavy atom. The monoisotopic (exact) mass is 503 g/mol. The molecule has 28 heavy (non-hydrogen) atoms. The zero-order valence-corrected chi connectivity index (χ0v) is 19.6. The number of hydrogen-bond acceptors (Lipinski definition) is 4. The highest BCUT2D eigenvalue weighted by Gasteiger charge is 2.35. The third kappa shape index (κ3) is 5.43. The standard InChI is InChI=1S/C21H33N3O3.HI/c1-4-16(5-2)13-23-20(22-3)24-14-21(8-10-25-11-9-21)17-6-7-18-19(12-17)27-15-26-18;/h6-7,12,16H,4-5,8-11,13-15H2,1-3H3,(H2,22,23,24);1H. The average Bonchev–Trinajstić information content (AvgIpc) is 3.19. The van der Waals surface area contributed by atoms with Gasteiger partial charge in [0.05, 0.1) is 0 Å². The Morgan fingerprint density at radius 3 is 2.50 bits per heavy atom. The lowest BCUT2D eigenvalue weighted by Gasteiger charge is -2.38. The van der Waals surface area contributed by atoms with Crippen molar-refractivity contribution in [2.75, 3.05) is 40.1 Å². The van der Waals surface area contributed by atoms with Crippen LogP contribution in [-0.4, -0.2) is 46.1 Å². The van der Waals surface area contributed by atoms with Gasteiger partial charge in [0.1, 0.15) is 0 Å². The van der Waals surface area contributed by atoms with E-state index in [-0.39, 0.29) is 29.4 Å². The molecular formula is C21H34IN3O3. The minimum absolute atomic E-state index is 0. The smallest absolute Gasteiger partial charge is 0.231 e. The predicted molar refractivity (Wildman–Crippen MR) is 123 cm³/mol. The number of hydrogen-bond donors (Lipinski definition) is 2. The van der Waals surface area contributed by atoms with E-state index in [9.17, 15) is 0 Å². The molecule has 1 fully saturated rings. The lowest BCUT2D eigenvalue weighted by molar-refractivity contribution is 0.0513. The van der Waals surface area contributed by atoms with E-state index in [0.29, 0.717) is 12.7 Å². The van der Waals surface area contributed by atoms with E-state index in [0.717, 1.165) is 56.6 Å². The summed E-state index contributed by atoms with van der Waals surface area (Å²) in [7, 11) is 1.83. The van der Waals surface area contributed by atoms with Gasteiger partial charge in [0.15, 0.2) is 17.5 Å². The molecule has 3 rings (SSSR count). The highest BCUT2D eigenvalue weighted by molar-refractivity contribution is 14.0. The van der Waals surface area contributed by atoms with Gasteiger partial charge in [-0.1, -0.05) is 32.8 Å². The summed E-state index contributed by atoms with van der Waals surface area (Å²) in [6.07, 6.45) is 4.31. The first-order valence-corrected chi connectivity index (χ1v) is 10.1. The van der Waals surface area contributed by atoms with Crippen LogP contribution in [0.25, 0.3) is 0 Å². The number of aliphatic imine (C=N–C) groups is 1. The van der Waals surface area contributed by atoms with Gasteiger partial charge in [-0.25, -0.2) is 0 Å². The molecule has 0 amide bonds. The lowest BCUT2D eigenvalue weighted by Crippen LogP contribution is -2.48. The Kier molecular flexibility index (Phi) is 9.14. The molecule has 0 unspecified atom stereocenters. The van der Waals surface area contributed by atoms with Gasteiger partial charge < -0.3 is 24.8 Å². The van der Waals surface area contributed by atoms with Crippen LogP contribution in [0.2, 0.25) is 0 Å². The van der Waals surface area contributed by atoms with Crippen molar-refractivity contribution >= 4 is 29.9 Å². The predicted octanol–water partition coefficient (Wildman–Crippen LogP) is 3.68.